The lowest BCUT2D eigenvalue weighted by atomic mass is 10.3. The van der Waals surface area contributed by atoms with Crippen molar-refractivity contribution in [1.82, 2.24) is 4.98 Å². The first-order chi connectivity index (χ1) is 7.65. The van der Waals surface area contributed by atoms with Crippen LogP contribution >= 0.6 is 0 Å². The van der Waals surface area contributed by atoms with Crippen molar-refractivity contribution < 1.29 is 9.15 Å². The maximum absolute atomic E-state index is 7.47. The van der Waals surface area contributed by atoms with Crippen LogP contribution in [0.1, 0.15) is 12.8 Å². The Kier molecular flexibility index (Phi) is 2.68. The number of oxazole rings is 1. The highest BCUT2D eigenvalue weighted by atomic mass is 16.5. The molecule has 1 heterocycles. The zero-order valence-electron chi connectivity index (χ0n) is 8.78. The molecule has 0 spiro atoms. The van der Waals surface area contributed by atoms with E-state index >= 15 is 0 Å². The molecule has 1 aromatic heterocycles. The molecule has 2 rings (SSSR count). The van der Waals surface area contributed by atoms with Crippen LogP contribution in [0, 0.1) is 10.8 Å². The number of ether oxygens (including phenoxy) is 1. The second-order valence-corrected chi connectivity index (χ2v) is 3.33. The molecule has 0 aliphatic heterocycles. The quantitative estimate of drug-likeness (QED) is 0.598. The van der Waals surface area contributed by atoms with Crippen molar-refractivity contribution in [2.75, 3.05) is 0 Å². The van der Waals surface area contributed by atoms with Gasteiger partial charge in [-0.2, -0.15) is 0 Å². The minimum Gasteiger partial charge on any atom is -0.440 e. The summed E-state index contributed by atoms with van der Waals surface area (Å²) in [6.07, 6.45) is 0.158. The number of rotatable bonds is 2. The summed E-state index contributed by atoms with van der Waals surface area (Å²) >= 11 is 0. The molecule has 1 aromatic carbocycles. The van der Waals surface area contributed by atoms with E-state index in [0.717, 1.165) is 5.52 Å². The largest absolute Gasteiger partial charge is 0.440 e. The van der Waals surface area contributed by atoms with Crippen LogP contribution in [-0.4, -0.2) is 16.8 Å². The van der Waals surface area contributed by atoms with Gasteiger partial charge >= 0.3 is 0 Å². The van der Waals surface area contributed by atoms with E-state index in [2.05, 4.69) is 4.98 Å². The number of benzene rings is 1. The van der Waals surface area contributed by atoms with Crippen LogP contribution in [0.15, 0.2) is 28.7 Å². The van der Waals surface area contributed by atoms with Crippen molar-refractivity contribution in [2.24, 2.45) is 0 Å². The molecule has 5 heteroatoms. The SMILES string of the molecule is CC(=N)OC(=N)Cc1nc2ccccc2o1. The molecule has 2 aromatic rings. The number of nitrogens with zero attached hydrogens (tertiary/aromatic N) is 1. The number of hydrogen-bond acceptors (Lipinski definition) is 5. The third-order valence-corrected chi connectivity index (χ3v) is 1.93. The fourth-order valence-electron chi connectivity index (χ4n) is 1.35. The highest BCUT2D eigenvalue weighted by molar-refractivity contribution is 5.88. The van der Waals surface area contributed by atoms with Crippen LogP contribution < -0.4 is 0 Å². The Bertz CT molecular complexity index is 512. The predicted molar refractivity (Wildman–Crippen MR) is 59.9 cm³/mol. The molecule has 0 radical (unpaired) electrons. The molecular weight excluding hydrogens is 206 g/mol. The monoisotopic (exact) mass is 217 g/mol. The highest BCUT2D eigenvalue weighted by Gasteiger charge is 2.09. The average Bonchev–Trinajstić information content (AvgIpc) is 2.57. The molecule has 0 saturated carbocycles. The van der Waals surface area contributed by atoms with Crippen LogP contribution in [-0.2, 0) is 11.2 Å². The molecule has 0 bridgehead atoms. The highest BCUT2D eigenvalue weighted by Crippen LogP contribution is 2.15. The van der Waals surface area contributed by atoms with Gasteiger partial charge in [-0.25, -0.2) is 4.98 Å². The van der Waals surface area contributed by atoms with Crippen molar-refractivity contribution in [3.63, 3.8) is 0 Å². The molecule has 2 N–H and O–H groups in total. The van der Waals surface area contributed by atoms with E-state index in [1.807, 2.05) is 24.3 Å². The van der Waals surface area contributed by atoms with Crippen molar-refractivity contribution in [2.45, 2.75) is 13.3 Å². The summed E-state index contributed by atoms with van der Waals surface area (Å²) < 4.78 is 10.2. The Labute approximate surface area is 92.1 Å². The van der Waals surface area contributed by atoms with E-state index in [1.165, 1.54) is 6.92 Å². The van der Waals surface area contributed by atoms with Gasteiger partial charge in [0.1, 0.15) is 11.9 Å². The van der Waals surface area contributed by atoms with Gasteiger partial charge in [-0.05, 0) is 12.1 Å². The zero-order valence-corrected chi connectivity index (χ0v) is 8.78. The standard InChI is InChI=1S/C11H11N3O2/c1-7(12)15-10(13)6-11-14-8-4-2-3-5-9(8)16-11/h2-5,12-13H,6H2,1H3. The molecular formula is C11H11N3O2. The average molecular weight is 217 g/mol. The Hall–Kier alpha value is -2.17. The molecule has 0 atom stereocenters. The molecule has 82 valence electrons. The van der Waals surface area contributed by atoms with Crippen LogP contribution in [0.3, 0.4) is 0 Å². The van der Waals surface area contributed by atoms with Gasteiger partial charge < -0.3 is 9.15 Å². The Morgan fingerprint density at radius 2 is 2.12 bits per heavy atom. The lowest BCUT2D eigenvalue weighted by Crippen LogP contribution is -2.10. The minimum atomic E-state index is -0.0425. The normalized spacial score (nSPS) is 10.3. The summed E-state index contributed by atoms with van der Waals surface area (Å²) in [5, 5.41) is 14.6. The van der Waals surface area contributed by atoms with Crippen LogP contribution in [0.5, 0.6) is 0 Å². The molecule has 5 nitrogen and oxygen atoms in total. The lowest BCUT2D eigenvalue weighted by Gasteiger charge is -2.00. The smallest absolute Gasteiger partial charge is 0.204 e. The molecule has 0 aliphatic rings. The molecule has 0 unspecified atom stereocenters. The maximum atomic E-state index is 7.47. The number of hydrogen-bond donors (Lipinski definition) is 2. The van der Waals surface area contributed by atoms with Gasteiger partial charge in [-0.3, -0.25) is 10.8 Å². The Morgan fingerprint density at radius 3 is 2.81 bits per heavy atom. The summed E-state index contributed by atoms with van der Waals surface area (Å²) in [7, 11) is 0. The van der Waals surface area contributed by atoms with Gasteiger partial charge in [0.2, 0.25) is 5.89 Å². The van der Waals surface area contributed by atoms with Gasteiger partial charge in [0, 0.05) is 6.92 Å². The first-order valence-corrected chi connectivity index (χ1v) is 4.80. The van der Waals surface area contributed by atoms with E-state index < -0.39 is 0 Å². The molecule has 0 saturated heterocycles. The zero-order chi connectivity index (χ0) is 11.5. The first-order valence-electron chi connectivity index (χ1n) is 4.80. The van der Waals surface area contributed by atoms with Crippen molar-refractivity contribution in [1.29, 1.82) is 10.8 Å². The fourth-order valence-corrected chi connectivity index (χ4v) is 1.35. The topological polar surface area (TPSA) is 83.0 Å². The van der Waals surface area contributed by atoms with Crippen molar-refractivity contribution in [3.8, 4) is 0 Å². The Balaban J connectivity index is 2.15. The second kappa shape index (κ2) is 4.14. The number of nitrogens with one attached hydrogen (secondary N) is 2. The van der Waals surface area contributed by atoms with Crippen molar-refractivity contribution in [3.05, 3.63) is 30.2 Å². The van der Waals surface area contributed by atoms with Gasteiger partial charge in [0.25, 0.3) is 0 Å². The van der Waals surface area contributed by atoms with Gasteiger partial charge in [0.15, 0.2) is 17.4 Å². The number of para-hydroxylation sites is 2. The van der Waals surface area contributed by atoms with E-state index in [1.54, 1.807) is 0 Å². The van der Waals surface area contributed by atoms with E-state index in [4.69, 9.17) is 20.0 Å². The predicted octanol–water partition coefficient (Wildman–Crippen LogP) is 2.36. The summed E-state index contributed by atoms with van der Waals surface area (Å²) in [6, 6.07) is 7.39. The minimum absolute atomic E-state index is 0.0129. The van der Waals surface area contributed by atoms with Crippen LogP contribution in [0.2, 0.25) is 0 Å². The van der Waals surface area contributed by atoms with Crippen molar-refractivity contribution >= 4 is 22.9 Å². The fraction of sp³-hybridized carbons (Fsp3) is 0.182. The van der Waals surface area contributed by atoms with Crippen LogP contribution in [0.25, 0.3) is 11.1 Å². The maximum Gasteiger partial charge on any atom is 0.204 e. The third kappa shape index (κ3) is 2.25. The summed E-state index contributed by atoms with van der Waals surface area (Å²) in [4.78, 5) is 4.20. The van der Waals surface area contributed by atoms with Gasteiger partial charge in [-0.1, -0.05) is 12.1 Å². The molecule has 0 amide bonds. The van der Waals surface area contributed by atoms with Crippen LogP contribution in [0.4, 0.5) is 0 Å². The summed E-state index contributed by atoms with van der Waals surface area (Å²) in [6.45, 7) is 1.47. The molecule has 16 heavy (non-hydrogen) atoms. The number of fused-ring (bicyclic) bond motifs is 1. The van der Waals surface area contributed by atoms with E-state index in [0.29, 0.717) is 11.5 Å². The first kappa shape index (κ1) is 10.4. The van der Waals surface area contributed by atoms with E-state index in [-0.39, 0.29) is 18.2 Å². The summed E-state index contributed by atoms with van der Waals surface area (Å²) in [5.74, 6) is 0.368. The molecule has 0 aliphatic carbocycles. The van der Waals surface area contributed by atoms with Gasteiger partial charge in [0.05, 0.1) is 0 Å². The van der Waals surface area contributed by atoms with Gasteiger partial charge in [-0.15, -0.1) is 0 Å². The second-order valence-electron chi connectivity index (χ2n) is 3.33. The Morgan fingerprint density at radius 1 is 1.38 bits per heavy atom. The number of aromatic nitrogens is 1. The third-order valence-electron chi connectivity index (χ3n) is 1.93. The lowest BCUT2D eigenvalue weighted by molar-refractivity contribution is 0.490. The molecule has 0 fully saturated rings. The summed E-state index contributed by atoms with van der Waals surface area (Å²) in [5.41, 5.74) is 1.45. The van der Waals surface area contributed by atoms with E-state index in [9.17, 15) is 0 Å².